The summed E-state index contributed by atoms with van der Waals surface area (Å²) in [6.07, 6.45) is 1.00. The highest BCUT2D eigenvalue weighted by Gasteiger charge is 2.34. The zero-order valence-electron chi connectivity index (χ0n) is 6.13. The van der Waals surface area contributed by atoms with E-state index in [0.29, 0.717) is 5.92 Å². The Morgan fingerprint density at radius 1 is 1.45 bits per heavy atom. The van der Waals surface area contributed by atoms with Crippen LogP contribution in [0.1, 0.15) is 17.9 Å². The predicted octanol–water partition coefficient (Wildman–Crippen LogP) is 1.64. The van der Waals surface area contributed by atoms with Crippen molar-refractivity contribution in [2.75, 3.05) is 0 Å². The molecule has 0 unspecified atom stereocenters. The summed E-state index contributed by atoms with van der Waals surface area (Å²) in [6, 6.07) is 6.95. The van der Waals surface area contributed by atoms with E-state index in [9.17, 15) is 4.39 Å². The molecule has 0 bridgehead atoms. The minimum Gasteiger partial charge on any atom is -0.327 e. The van der Waals surface area contributed by atoms with Gasteiger partial charge in [-0.2, -0.15) is 0 Å². The van der Waals surface area contributed by atoms with E-state index >= 15 is 0 Å². The minimum absolute atomic E-state index is 0.165. The van der Waals surface area contributed by atoms with Crippen LogP contribution in [0.2, 0.25) is 0 Å². The molecule has 2 N–H and O–H groups in total. The molecule has 58 valence electrons. The van der Waals surface area contributed by atoms with Crippen LogP contribution in [0.4, 0.5) is 4.39 Å². The van der Waals surface area contributed by atoms with E-state index < -0.39 is 0 Å². The standard InChI is InChI=1S/C9H10FN/c10-7-3-1-2-6(4-7)8-5-9(8)11/h1-4,8-9H,5,11H2/t8-,9+/m1/s1. The van der Waals surface area contributed by atoms with Crippen molar-refractivity contribution in [3.63, 3.8) is 0 Å². The Morgan fingerprint density at radius 3 is 2.73 bits per heavy atom. The monoisotopic (exact) mass is 151 g/mol. The van der Waals surface area contributed by atoms with Crippen LogP contribution >= 0.6 is 0 Å². The van der Waals surface area contributed by atoms with Crippen LogP contribution in [0.25, 0.3) is 0 Å². The first-order valence-electron chi connectivity index (χ1n) is 3.78. The molecule has 2 heteroatoms. The molecule has 2 rings (SSSR count). The molecule has 1 aliphatic rings. The van der Waals surface area contributed by atoms with Crippen molar-refractivity contribution in [3.05, 3.63) is 35.6 Å². The zero-order valence-corrected chi connectivity index (χ0v) is 6.13. The van der Waals surface area contributed by atoms with Crippen molar-refractivity contribution >= 4 is 0 Å². The highest BCUT2D eigenvalue weighted by atomic mass is 19.1. The smallest absolute Gasteiger partial charge is 0.123 e. The van der Waals surface area contributed by atoms with Crippen LogP contribution < -0.4 is 5.73 Å². The quantitative estimate of drug-likeness (QED) is 0.648. The summed E-state index contributed by atoms with van der Waals surface area (Å²) in [7, 11) is 0. The molecule has 2 atom stereocenters. The lowest BCUT2D eigenvalue weighted by Crippen LogP contribution is -2.00. The van der Waals surface area contributed by atoms with Gasteiger partial charge in [0.2, 0.25) is 0 Å². The summed E-state index contributed by atoms with van der Waals surface area (Å²) in [6.45, 7) is 0. The summed E-state index contributed by atoms with van der Waals surface area (Å²) in [5.74, 6) is 0.243. The van der Waals surface area contributed by atoms with Crippen LogP contribution in [0, 0.1) is 5.82 Å². The van der Waals surface area contributed by atoms with Crippen LogP contribution in [0.5, 0.6) is 0 Å². The fourth-order valence-electron chi connectivity index (χ4n) is 1.34. The van der Waals surface area contributed by atoms with Gasteiger partial charge in [-0.05, 0) is 24.1 Å². The molecule has 0 spiro atoms. The number of benzene rings is 1. The molecular weight excluding hydrogens is 141 g/mol. The molecule has 1 aromatic carbocycles. The van der Waals surface area contributed by atoms with Gasteiger partial charge in [0.25, 0.3) is 0 Å². The van der Waals surface area contributed by atoms with Gasteiger partial charge in [0.1, 0.15) is 5.82 Å². The second-order valence-electron chi connectivity index (χ2n) is 3.06. The number of halogens is 1. The number of hydrogen-bond acceptors (Lipinski definition) is 1. The zero-order chi connectivity index (χ0) is 7.84. The highest BCUT2D eigenvalue weighted by Crippen LogP contribution is 2.38. The molecule has 0 aromatic heterocycles. The Kier molecular flexibility index (Phi) is 1.43. The van der Waals surface area contributed by atoms with Crippen molar-refractivity contribution in [1.29, 1.82) is 0 Å². The normalized spacial score (nSPS) is 28.5. The number of hydrogen-bond donors (Lipinski definition) is 1. The first-order chi connectivity index (χ1) is 5.27. The van der Waals surface area contributed by atoms with Gasteiger partial charge in [-0.15, -0.1) is 0 Å². The molecule has 0 saturated heterocycles. The van der Waals surface area contributed by atoms with Gasteiger partial charge >= 0.3 is 0 Å². The lowest BCUT2D eigenvalue weighted by molar-refractivity contribution is 0.625. The van der Waals surface area contributed by atoms with E-state index in [1.807, 2.05) is 6.07 Å². The molecule has 11 heavy (non-hydrogen) atoms. The summed E-state index contributed by atoms with van der Waals surface area (Å²) in [5, 5.41) is 0. The summed E-state index contributed by atoms with van der Waals surface area (Å²) in [4.78, 5) is 0. The lowest BCUT2D eigenvalue weighted by Gasteiger charge is -1.96. The maximum atomic E-state index is 12.6. The Labute approximate surface area is 65.0 Å². The predicted molar refractivity (Wildman–Crippen MR) is 41.7 cm³/mol. The van der Waals surface area contributed by atoms with Crippen molar-refractivity contribution in [2.24, 2.45) is 5.73 Å². The topological polar surface area (TPSA) is 26.0 Å². The first kappa shape index (κ1) is 6.80. The SMILES string of the molecule is N[C@H]1C[C@@H]1c1cccc(F)c1. The van der Waals surface area contributed by atoms with Gasteiger partial charge in [0.05, 0.1) is 0 Å². The van der Waals surface area contributed by atoms with E-state index in [0.717, 1.165) is 12.0 Å². The van der Waals surface area contributed by atoms with Gasteiger partial charge in [0.15, 0.2) is 0 Å². The van der Waals surface area contributed by atoms with Gasteiger partial charge in [-0.25, -0.2) is 4.39 Å². The summed E-state index contributed by atoms with van der Waals surface area (Å²) < 4.78 is 12.6. The molecule has 1 saturated carbocycles. The molecule has 1 nitrogen and oxygen atoms in total. The van der Waals surface area contributed by atoms with Gasteiger partial charge < -0.3 is 5.73 Å². The Balaban J connectivity index is 2.25. The van der Waals surface area contributed by atoms with Crippen LogP contribution in [0.15, 0.2) is 24.3 Å². The Hall–Kier alpha value is -0.890. The third-order valence-electron chi connectivity index (χ3n) is 2.12. The molecule has 1 aliphatic carbocycles. The average Bonchev–Trinajstić information content (AvgIpc) is 2.67. The van der Waals surface area contributed by atoms with Crippen molar-refractivity contribution in [1.82, 2.24) is 0 Å². The molecular formula is C9H10FN. The van der Waals surface area contributed by atoms with Crippen LogP contribution in [0.3, 0.4) is 0 Å². The number of rotatable bonds is 1. The van der Waals surface area contributed by atoms with E-state index in [4.69, 9.17) is 5.73 Å². The third kappa shape index (κ3) is 1.26. The lowest BCUT2D eigenvalue weighted by atomic mass is 10.1. The maximum Gasteiger partial charge on any atom is 0.123 e. The fourth-order valence-corrected chi connectivity index (χ4v) is 1.34. The van der Waals surface area contributed by atoms with Crippen molar-refractivity contribution in [2.45, 2.75) is 18.4 Å². The average molecular weight is 151 g/mol. The molecule has 0 amide bonds. The molecule has 0 heterocycles. The van der Waals surface area contributed by atoms with Gasteiger partial charge in [-0.1, -0.05) is 12.1 Å². The summed E-state index contributed by atoms with van der Waals surface area (Å²) >= 11 is 0. The second kappa shape index (κ2) is 2.31. The van der Waals surface area contributed by atoms with Crippen LogP contribution in [-0.4, -0.2) is 6.04 Å². The van der Waals surface area contributed by atoms with Crippen molar-refractivity contribution in [3.8, 4) is 0 Å². The highest BCUT2D eigenvalue weighted by molar-refractivity contribution is 5.27. The minimum atomic E-state index is -0.165. The van der Waals surface area contributed by atoms with E-state index in [2.05, 4.69) is 0 Å². The van der Waals surface area contributed by atoms with Gasteiger partial charge in [-0.3, -0.25) is 0 Å². The van der Waals surface area contributed by atoms with Crippen molar-refractivity contribution < 1.29 is 4.39 Å². The third-order valence-corrected chi connectivity index (χ3v) is 2.12. The van der Waals surface area contributed by atoms with E-state index in [1.165, 1.54) is 6.07 Å². The largest absolute Gasteiger partial charge is 0.327 e. The van der Waals surface area contributed by atoms with E-state index in [1.54, 1.807) is 12.1 Å². The molecule has 1 aromatic rings. The second-order valence-corrected chi connectivity index (χ2v) is 3.06. The molecule has 0 aliphatic heterocycles. The van der Waals surface area contributed by atoms with E-state index in [-0.39, 0.29) is 11.9 Å². The Bertz CT molecular complexity index is 272. The Morgan fingerprint density at radius 2 is 2.18 bits per heavy atom. The van der Waals surface area contributed by atoms with Gasteiger partial charge in [0, 0.05) is 12.0 Å². The summed E-state index contributed by atoms with van der Waals surface area (Å²) in [5.41, 5.74) is 6.67. The first-order valence-corrected chi connectivity index (χ1v) is 3.78. The number of nitrogens with two attached hydrogens (primary N) is 1. The molecule has 1 fully saturated rings. The van der Waals surface area contributed by atoms with Crippen LogP contribution in [-0.2, 0) is 0 Å². The fraction of sp³-hybridized carbons (Fsp3) is 0.333. The molecule has 0 radical (unpaired) electrons. The maximum absolute atomic E-state index is 12.6.